The summed E-state index contributed by atoms with van der Waals surface area (Å²) in [7, 11) is 0. The van der Waals surface area contributed by atoms with Gasteiger partial charge in [-0.2, -0.15) is 12.6 Å². The van der Waals surface area contributed by atoms with E-state index in [4.69, 9.17) is 0 Å². The molecule has 0 unspecified atom stereocenters. The molecule has 0 aliphatic heterocycles. The molecule has 19 heavy (non-hydrogen) atoms. The van der Waals surface area contributed by atoms with Crippen LogP contribution < -0.4 is 5.32 Å². The second-order valence-electron chi connectivity index (χ2n) is 5.07. The lowest BCUT2D eigenvalue weighted by atomic mass is 10.1. The predicted molar refractivity (Wildman–Crippen MR) is 83.6 cm³/mol. The second-order valence-corrected chi connectivity index (χ2v) is 5.52. The highest BCUT2D eigenvalue weighted by Crippen LogP contribution is 2.07. The first-order valence-corrected chi connectivity index (χ1v) is 7.44. The number of hydrogen-bond donors (Lipinski definition) is 2. The Morgan fingerprint density at radius 2 is 2.00 bits per heavy atom. The van der Waals surface area contributed by atoms with Crippen molar-refractivity contribution in [1.29, 1.82) is 0 Å². The quantitative estimate of drug-likeness (QED) is 0.583. The molecule has 3 nitrogen and oxygen atoms in total. The average Bonchev–Trinajstić information content (AvgIpc) is 2.39. The molecule has 1 N–H and O–H groups in total. The van der Waals surface area contributed by atoms with Crippen molar-refractivity contribution in [2.75, 3.05) is 18.8 Å². The lowest BCUT2D eigenvalue weighted by Gasteiger charge is -2.25. The summed E-state index contributed by atoms with van der Waals surface area (Å²) >= 11 is 4.15. The summed E-state index contributed by atoms with van der Waals surface area (Å²) in [4.78, 5) is 14.0. The van der Waals surface area contributed by atoms with Crippen LogP contribution in [0.25, 0.3) is 0 Å². The van der Waals surface area contributed by atoms with Crippen LogP contribution in [-0.2, 0) is 6.54 Å². The van der Waals surface area contributed by atoms with Crippen molar-refractivity contribution in [2.45, 2.75) is 26.8 Å². The Balaban J connectivity index is 2.58. The van der Waals surface area contributed by atoms with Gasteiger partial charge in [0.25, 0.3) is 0 Å². The molecule has 0 atom stereocenters. The maximum Gasteiger partial charge on any atom is 0.317 e. The topological polar surface area (TPSA) is 32.3 Å². The highest BCUT2D eigenvalue weighted by Gasteiger charge is 2.14. The maximum atomic E-state index is 12.1. The van der Waals surface area contributed by atoms with Crippen molar-refractivity contribution >= 4 is 18.7 Å². The number of carbonyl (C=O) groups is 1. The number of thiol groups is 1. The molecule has 1 aromatic carbocycles. The zero-order valence-corrected chi connectivity index (χ0v) is 12.7. The van der Waals surface area contributed by atoms with Crippen molar-refractivity contribution in [3.8, 4) is 0 Å². The van der Waals surface area contributed by atoms with Crippen LogP contribution >= 0.6 is 12.6 Å². The van der Waals surface area contributed by atoms with Crippen LogP contribution in [0.5, 0.6) is 0 Å². The Bertz CT molecular complexity index is 368. The molecule has 0 aromatic heterocycles. The summed E-state index contributed by atoms with van der Waals surface area (Å²) in [6.45, 7) is 6.36. The van der Waals surface area contributed by atoms with Gasteiger partial charge in [-0.3, -0.25) is 0 Å². The number of nitrogens with one attached hydrogen (secondary N) is 1. The first-order chi connectivity index (χ1) is 9.13. The molecular weight excluding hydrogens is 256 g/mol. The molecule has 0 bridgehead atoms. The van der Waals surface area contributed by atoms with Crippen molar-refractivity contribution in [2.24, 2.45) is 5.92 Å². The third-order valence-electron chi connectivity index (χ3n) is 2.70. The monoisotopic (exact) mass is 280 g/mol. The zero-order chi connectivity index (χ0) is 14.1. The van der Waals surface area contributed by atoms with Gasteiger partial charge < -0.3 is 10.2 Å². The fourth-order valence-electron chi connectivity index (χ4n) is 1.85. The predicted octanol–water partition coefficient (Wildman–Crippen LogP) is 3.17. The van der Waals surface area contributed by atoms with E-state index >= 15 is 0 Å². The van der Waals surface area contributed by atoms with E-state index in [9.17, 15) is 4.79 Å². The minimum absolute atomic E-state index is 0.0133. The third-order valence-corrected chi connectivity index (χ3v) is 3.02. The van der Waals surface area contributed by atoms with Crippen LogP contribution in [0.15, 0.2) is 30.3 Å². The van der Waals surface area contributed by atoms with Gasteiger partial charge in [0.1, 0.15) is 0 Å². The van der Waals surface area contributed by atoms with E-state index in [1.807, 2.05) is 35.2 Å². The van der Waals surface area contributed by atoms with Gasteiger partial charge in [-0.15, -0.1) is 0 Å². The molecule has 1 aromatic rings. The van der Waals surface area contributed by atoms with Crippen molar-refractivity contribution < 1.29 is 4.79 Å². The van der Waals surface area contributed by atoms with Crippen LogP contribution in [0.2, 0.25) is 0 Å². The van der Waals surface area contributed by atoms with E-state index in [0.29, 0.717) is 19.0 Å². The SMILES string of the molecule is CC(C)CN(Cc1ccccc1)C(=O)NCCCS. The number of urea groups is 1. The molecule has 4 heteroatoms. The Morgan fingerprint density at radius 1 is 1.32 bits per heavy atom. The smallest absolute Gasteiger partial charge is 0.317 e. The number of rotatable bonds is 7. The van der Waals surface area contributed by atoms with Gasteiger partial charge in [0.05, 0.1) is 0 Å². The lowest BCUT2D eigenvalue weighted by molar-refractivity contribution is 0.188. The molecule has 0 spiro atoms. The molecule has 0 radical (unpaired) electrons. The molecule has 0 fully saturated rings. The number of benzene rings is 1. The summed E-state index contributed by atoms with van der Waals surface area (Å²) < 4.78 is 0. The molecule has 0 aliphatic carbocycles. The normalized spacial score (nSPS) is 10.5. The van der Waals surface area contributed by atoms with E-state index in [-0.39, 0.29) is 6.03 Å². The molecule has 1 rings (SSSR count). The van der Waals surface area contributed by atoms with Crippen molar-refractivity contribution in [1.82, 2.24) is 10.2 Å². The van der Waals surface area contributed by atoms with Gasteiger partial charge >= 0.3 is 6.03 Å². The van der Waals surface area contributed by atoms with E-state index < -0.39 is 0 Å². The van der Waals surface area contributed by atoms with Crippen molar-refractivity contribution in [3.05, 3.63) is 35.9 Å². The highest BCUT2D eigenvalue weighted by atomic mass is 32.1. The van der Waals surface area contributed by atoms with Gasteiger partial charge in [-0.05, 0) is 23.7 Å². The molecule has 0 saturated heterocycles. The molecule has 0 aliphatic rings. The first-order valence-electron chi connectivity index (χ1n) is 6.81. The summed E-state index contributed by atoms with van der Waals surface area (Å²) in [5.41, 5.74) is 1.16. The Labute approximate surface area is 121 Å². The maximum absolute atomic E-state index is 12.1. The van der Waals surface area contributed by atoms with Crippen molar-refractivity contribution in [3.63, 3.8) is 0 Å². The van der Waals surface area contributed by atoms with Gasteiger partial charge in [-0.25, -0.2) is 4.79 Å². The molecular formula is C15H24N2OS. The van der Waals surface area contributed by atoms with E-state index in [0.717, 1.165) is 24.3 Å². The molecule has 106 valence electrons. The molecule has 0 saturated carbocycles. The molecule has 0 heterocycles. The van der Waals surface area contributed by atoms with Gasteiger partial charge in [-0.1, -0.05) is 44.2 Å². The number of amides is 2. The largest absolute Gasteiger partial charge is 0.338 e. The van der Waals surface area contributed by atoms with Gasteiger partial charge in [0.2, 0.25) is 0 Å². The summed E-state index contributed by atoms with van der Waals surface area (Å²) in [6.07, 6.45) is 0.899. The summed E-state index contributed by atoms with van der Waals surface area (Å²) in [6, 6.07) is 10.1. The first kappa shape index (κ1) is 15.9. The number of carbonyl (C=O) groups excluding carboxylic acids is 1. The fourth-order valence-corrected chi connectivity index (χ4v) is 2.01. The highest BCUT2D eigenvalue weighted by molar-refractivity contribution is 7.80. The minimum Gasteiger partial charge on any atom is -0.338 e. The van der Waals surface area contributed by atoms with E-state index in [1.165, 1.54) is 0 Å². The fraction of sp³-hybridized carbons (Fsp3) is 0.533. The van der Waals surface area contributed by atoms with Gasteiger partial charge in [0.15, 0.2) is 0 Å². The Morgan fingerprint density at radius 3 is 2.58 bits per heavy atom. The van der Waals surface area contributed by atoms with E-state index in [2.05, 4.69) is 31.8 Å². The second kappa shape index (κ2) is 8.86. The van der Waals surface area contributed by atoms with Crippen LogP contribution in [-0.4, -0.2) is 29.8 Å². The standard InChI is InChI=1S/C15H24N2OS/c1-13(2)11-17(15(18)16-9-6-10-19)12-14-7-4-3-5-8-14/h3-5,7-8,13,19H,6,9-12H2,1-2H3,(H,16,18). The van der Waals surface area contributed by atoms with E-state index in [1.54, 1.807) is 0 Å². The van der Waals surface area contributed by atoms with Crippen LogP contribution in [0.1, 0.15) is 25.8 Å². The third kappa shape index (κ3) is 6.53. The summed E-state index contributed by atoms with van der Waals surface area (Å²) in [5, 5.41) is 2.95. The molecule has 2 amide bonds. The van der Waals surface area contributed by atoms with Gasteiger partial charge in [0, 0.05) is 19.6 Å². The average molecular weight is 280 g/mol. The number of hydrogen-bond acceptors (Lipinski definition) is 2. The van der Waals surface area contributed by atoms with Crippen LogP contribution in [0.3, 0.4) is 0 Å². The minimum atomic E-state index is 0.0133. The lowest BCUT2D eigenvalue weighted by Crippen LogP contribution is -2.41. The van der Waals surface area contributed by atoms with Crippen LogP contribution in [0.4, 0.5) is 4.79 Å². The number of nitrogens with zero attached hydrogens (tertiary/aromatic N) is 1. The Hall–Kier alpha value is -1.16. The zero-order valence-electron chi connectivity index (χ0n) is 11.8. The summed E-state index contributed by atoms with van der Waals surface area (Å²) in [5.74, 6) is 1.25. The Kier molecular flexibility index (Phi) is 7.41. The van der Waals surface area contributed by atoms with Crippen LogP contribution in [0, 0.1) is 5.92 Å².